The number of hydrogen-bond acceptors (Lipinski definition) is 3. The zero-order chi connectivity index (χ0) is 13.3. The maximum Gasteiger partial charge on any atom is 0.318 e. The van der Waals surface area contributed by atoms with Crippen molar-refractivity contribution in [2.45, 2.75) is 25.1 Å². The van der Waals surface area contributed by atoms with E-state index in [0.29, 0.717) is 25.5 Å². The minimum absolute atomic E-state index is 0.222. The summed E-state index contributed by atoms with van der Waals surface area (Å²) in [5, 5.41) is 0. The summed E-state index contributed by atoms with van der Waals surface area (Å²) in [5.41, 5.74) is 0.423. The summed E-state index contributed by atoms with van der Waals surface area (Å²) >= 11 is 0. The van der Waals surface area contributed by atoms with Gasteiger partial charge in [0.15, 0.2) is 0 Å². The van der Waals surface area contributed by atoms with Crippen molar-refractivity contribution in [2.24, 2.45) is 0 Å². The second-order valence-corrected chi connectivity index (χ2v) is 5.23. The first kappa shape index (κ1) is 13.0. The van der Waals surface area contributed by atoms with Crippen LogP contribution >= 0.6 is 0 Å². The van der Waals surface area contributed by atoms with Gasteiger partial charge in [-0.2, -0.15) is 8.78 Å². The molecule has 19 heavy (non-hydrogen) atoms. The Morgan fingerprint density at radius 1 is 1.37 bits per heavy atom. The number of ether oxygens (including phenoxy) is 2. The molecule has 6 heteroatoms. The summed E-state index contributed by atoms with van der Waals surface area (Å²) in [5.74, 6) is 0. The number of hydrogen-bond donors (Lipinski definition) is 0. The highest BCUT2D eigenvalue weighted by molar-refractivity contribution is 5.08. The van der Waals surface area contributed by atoms with E-state index in [-0.39, 0.29) is 5.60 Å². The highest BCUT2D eigenvalue weighted by atomic mass is 19.3. The van der Waals surface area contributed by atoms with Crippen LogP contribution < -0.4 is 0 Å². The van der Waals surface area contributed by atoms with Gasteiger partial charge in [-0.3, -0.25) is 9.47 Å². The Labute approximate surface area is 110 Å². The molecule has 1 aromatic heterocycles. The van der Waals surface area contributed by atoms with Gasteiger partial charge in [0.25, 0.3) is 0 Å². The Kier molecular flexibility index (Phi) is 3.56. The monoisotopic (exact) mass is 272 g/mol. The van der Waals surface area contributed by atoms with Crippen molar-refractivity contribution in [1.82, 2.24) is 9.47 Å². The van der Waals surface area contributed by atoms with Crippen LogP contribution in [0, 0.1) is 0 Å². The molecule has 0 saturated carbocycles. The highest BCUT2D eigenvalue weighted by Gasteiger charge is 2.40. The molecule has 3 heterocycles. The quantitative estimate of drug-likeness (QED) is 0.840. The first-order chi connectivity index (χ1) is 9.19. The van der Waals surface area contributed by atoms with Crippen molar-refractivity contribution < 1.29 is 18.3 Å². The van der Waals surface area contributed by atoms with Gasteiger partial charge in [0.1, 0.15) is 5.60 Å². The summed E-state index contributed by atoms with van der Waals surface area (Å²) in [6.07, 6.45) is 2.31. The lowest BCUT2D eigenvalue weighted by molar-refractivity contribution is -0.111. The molecule has 0 aromatic carbocycles. The molecule has 106 valence electrons. The number of aromatic nitrogens is 1. The molecule has 1 atom stereocenters. The maximum atomic E-state index is 12.8. The number of morpholine rings is 1. The summed E-state index contributed by atoms with van der Waals surface area (Å²) in [6.45, 7) is 1.55. The van der Waals surface area contributed by atoms with Gasteiger partial charge in [-0.05, 0) is 12.1 Å². The molecule has 2 aliphatic rings. The van der Waals surface area contributed by atoms with Gasteiger partial charge in [0.05, 0.1) is 13.2 Å². The van der Waals surface area contributed by atoms with Gasteiger partial charge in [-0.25, -0.2) is 0 Å². The summed E-state index contributed by atoms with van der Waals surface area (Å²) in [4.78, 5) is 2.17. The lowest BCUT2D eigenvalue weighted by Gasteiger charge is -2.39. The van der Waals surface area contributed by atoms with Crippen LogP contribution in [0.3, 0.4) is 0 Å². The molecule has 0 bridgehead atoms. The molecular weight excluding hydrogens is 254 g/mol. The molecule has 2 fully saturated rings. The molecular formula is C13H18F2N2O2. The predicted octanol–water partition coefficient (Wildman–Crippen LogP) is 1.87. The highest BCUT2D eigenvalue weighted by Crippen LogP contribution is 2.28. The summed E-state index contributed by atoms with van der Waals surface area (Å²) in [7, 11) is 0. The van der Waals surface area contributed by atoms with Crippen molar-refractivity contribution in [1.29, 1.82) is 0 Å². The van der Waals surface area contributed by atoms with E-state index in [1.54, 1.807) is 12.1 Å². The number of rotatable bonds is 3. The minimum atomic E-state index is -2.48. The van der Waals surface area contributed by atoms with Gasteiger partial charge < -0.3 is 9.47 Å². The van der Waals surface area contributed by atoms with Crippen molar-refractivity contribution in [3.8, 4) is 0 Å². The standard InChI is InChI=1S/C13H18F2N2O2/c14-12(15)17-4-1-2-11(17)8-16-5-7-19-13(9-16)3-6-18-10-13/h1-2,4,12H,3,5-10H2. The van der Waals surface area contributed by atoms with Crippen LogP contribution in [0.2, 0.25) is 0 Å². The van der Waals surface area contributed by atoms with Gasteiger partial charge >= 0.3 is 6.55 Å². The average Bonchev–Trinajstić information content (AvgIpc) is 2.99. The second kappa shape index (κ2) is 5.19. The third kappa shape index (κ3) is 2.66. The van der Waals surface area contributed by atoms with E-state index >= 15 is 0 Å². The zero-order valence-corrected chi connectivity index (χ0v) is 10.7. The Morgan fingerprint density at radius 2 is 2.26 bits per heavy atom. The third-order valence-electron chi connectivity index (χ3n) is 3.86. The summed E-state index contributed by atoms with van der Waals surface area (Å²) < 4.78 is 37.9. The first-order valence-corrected chi connectivity index (χ1v) is 6.56. The van der Waals surface area contributed by atoms with E-state index in [1.165, 1.54) is 6.20 Å². The zero-order valence-electron chi connectivity index (χ0n) is 10.7. The van der Waals surface area contributed by atoms with Crippen LogP contribution in [0.5, 0.6) is 0 Å². The molecule has 4 nitrogen and oxygen atoms in total. The van der Waals surface area contributed by atoms with Crippen molar-refractivity contribution >= 4 is 0 Å². The summed E-state index contributed by atoms with van der Waals surface area (Å²) in [6, 6.07) is 3.41. The fourth-order valence-electron chi connectivity index (χ4n) is 2.87. The van der Waals surface area contributed by atoms with Gasteiger partial charge in [-0.15, -0.1) is 0 Å². The Hall–Kier alpha value is -0.980. The van der Waals surface area contributed by atoms with Crippen molar-refractivity contribution in [3.63, 3.8) is 0 Å². The Bertz CT molecular complexity index is 430. The average molecular weight is 272 g/mol. The Morgan fingerprint density at radius 3 is 3.00 bits per heavy atom. The SMILES string of the molecule is FC(F)n1cccc1CN1CCOC2(CCOC2)C1. The largest absolute Gasteiger partial charge is 0.378 e. The van der Waals surface area contributed by atoms with Crippen LogP contribution in [0.15, 0.2) is 18.3 Å². The normalized spacial score (nSPS) is 28.6. The molecule has 0 amide bonds. The number of halogens is 2. The smallest absolute Gasteiger partial charge is 0.318 e. The van der Waals surface area contributed by atoms with E-state index in [1.807, 2.05) is 0 Å². The molecule has 1 aromatic rings. The lowest BCUT2D eigenvalue weighted by atomic mass is 10.0. The minimum Gasteiger partial charge on any atom is -0.378 e. The van der Waals surface area contributed by atoms with E-state index in [0.717, 1.165) is 30.7 Å². The number of alkyl halides is 2. The fraction of sp³-hybridized carbons (Fsp3) is 0.692. The van der Waals surface area contributed by atoms with Crippen LogP contribution in [0.1, 0.15) is 18.7 Å². The van der Waals surface area contributed by atoms with Crippen molar-refractivity contribution in [3.05, 3.63) is 24.0 Å². The maximum absolute atomic E-state index is 12.8. The first-order valence-electron chi connectivity index (χ1n) is 6.56. The van der Waals surface area contributed by atoms with Crippen LogP contribution in [0.4, 0.5) is 8.78 Å². The molecule has 1 unspecified atom stereocenters. The van der Waals surface area contributed by atoms with E-state index in [2.05, 4.69) is 4.90 Å². The topological polar surface area (TPSA) is 26.6 Å². The van der Waals surface area contributed by atoms with Crippen LogP contribution in [-0.2, 0) is 16.0 Å². The fourth-order valence-corrected chi connectivity index (χ4v) is 2.87. The molecule has 0 radical (unpaired) electrons. The van der Waals surface area contributed by atoms with Gasteiger partial charge in [-0.1, -0.05) is 0 Å². The van der Waals surface area contributed by atoms with E-state index in [9.17, 15) is 8.78 Å². The lowest BCUT2D eigenvalue weighted by Crippen LogP contribution is -2.52. The molecule has 3 rings (SSSR count). The predicted molar refractivity (Wildman–Crippen MR) is 65.1 cm³/mol. The molecule has 2 saturated heterocycles. The van der Waals surface area contributed by atoms with Gasteiger partial charge in [0, 0.05) is 44.6 Å². The number of nitrogens with zero attached hydrogens (tertiary/aromatic N) is 2. The van der Waals surface area contributed by atoms with Gasteiger partial charge in [0.2, 0.25) is 0 Å². The molecule has 1 spiro atoms. The van der Waals surface area contributed by atoms with Crippen molar-refractivity contribution in [2.75, 3.05) is 32.9 Å². The van der Waals surface area contributed by atoms with Crippen LogP contribution in [0.25, 0.3) is 0 Å². The van der Waals surface area contributed by atoms with Crippen LogP contribution in [-0.4, -0.2) is 48.0 Å². The molecule has 0 N–H and O–H groups in total. The third-order valence-corrected chi connectivity index (χ3v) is 3.86. The van der Waals surface area contributed by atoms with E-state index in [4.69, 9.17) is 9.47 Å². The second-order valence-electron chi connectivity index (χ2n) is 5.23. The molecule has 0 aliphatic carbocycles. The van der Waals surface area contributed by atoms with E-state index < -0.39 is 6.55 Å². The Balaban J connectivity index is 1.67. The molecule has 2 aliphatic heterocycles.